The molecule has 1 saturated heterocycles. The Morgan fingerprint density at radius 3 is 1.40 bits per heavy atom. The van der Waals surface area contributed by atoms with Gasteiger partial charge in [-0.25, -0.2) is 0 Å². The Morgan fingerprint density at radius 1 is 0.523 bits per heavy atom. The van der Waals surface area contributed by atoms with Crippen LogP contribution in [-0.2, 0) is 16.2 Å². The number of rotatable bonds is 27. The van der Waals surface area contributed by atoms with E-state index in [1.807, 2.05) is 0 Å². The van der Waals surface area contributed by atoms with Crippen LogP contribution in [0.3, 0.4) is 0 Å². The van der Waals surface area contributed by atoms with Crippen molar-refractivity contribution < 1.29 is 27.6 Å². The van der Waals surface area contributed by atoms with Gasteiger partial charge in [-0.1, -0.05) is 150 Å². The first kappa shape index (κ1) is 53.3. The molecule has 0 radical (unpaired) electrons. The molecule has 0 amide bonds. The summed E-state index contributed by atoms with van der Waals surface area (Å²) in [6.45, 7) is 46.9. The second-order valence-corrected chi connectivity index (χ2v) is 24.4. The molecule has 3 aliphatic rings. The van der Waals surface area contributed by atoms with Gasteiger partial charge in [0.15, 0.2) is 23.9 Å². The van der Waals surface area contributed by atoms with Crippen LogP contribution in [0.5, 0.6) is 11.5 Å². The molecule has 0 aliphatic carbocycles. The first-order valence-corrected chi connectivity index (χ1v) is 27.4. The molecule has 0 saturated carbocycles. The maximum absolute atomic E-state index is 7.36. The number of quaternary nitrogens is 2. The maximum atomic E-state index is 7.36. The summed E-state index contributed by atoms with van der Waals surface area (Å²) in [5, 5.41) is 0. The highest BCUT2D eigenvalue weighted by atomic mass is 16.7. The van der Waals surface area contributed by atoms with E-state index >= 15 is 0 Å². The average molecular weight is 899 g/mol. The largest absolute Gasteiger partial charge is 0.704 e. The molecule has 0 bridgehead atoms. The standard InChI is InChI=1S/C59H102N4O2/c1-16-22-34-62(35-23-17-2,36-24-18-3)40-28-32-58(15,33-29-41-63(37-25-19-4,38-26-20-5)39-27-21-6)50-30-31-53-48(42-50)45-60-47-57(13,14)61-46-49-43-51(55(7,8)9)44-52(56(10,11)12)54(49)65-59(60,61)64-53/h30-31,42-46H,16-29,32-41,47H2,1-15H3/q+4. The molecule has 65 heavy (non-hydrogen) atoms. The van der Waals surface area contributed by atoms with E-state index in [0.717, 1.165) is 23.6 Å². The second kappa shape index (κ2) is 22.2. The zero-order chi connectivity index (χ0) is 47.7. The first-order chi connectivity index (χ1) is 30.7. The molecule has 6 nitrogen and oxygen atoms in total. The van der Waals surface area contributed by atoms with Gasteiger partial charge in [-0.05, 0) is 110 Å². The number of fused-ring (bicyclic) bond motifs is 2. The molecule has 6 heteroatoms. The third-order valence-electron chi connectivity index (χ3n) is 16.1. The van der Waals surface area contributed by atoms with E-state index in [9.17, 15) is 0 Å². The summed E-state index contributed by atoms with van der Waals surface area (Å²) in [6.07, 6.45) is 25.5. The van der Waals surface area contributed by atoms with Crippen molar-refractivity contribution >= 4 is 12.4 Å². The predicted molar refractivity (Wildman–Crippen MR) is 279 cm³/mol. The SMILES string of the molecule is CCCC[N+](CCCC)(CCCC)CCCC(C)(CCC[N+](CCCC)(CCCC)CCCC)c1ccc2c(c1)C=[N+]1CC(C)(C)[N+]3=Cc4cc(C(C)(C)C)cc(C(C)(C)C)c4OC13O2. The van der Waals surface area contributed by atoms with Crippen LogP contribution in [0.2, 0.25) is 0 Å². The van der Waals surface area contributed by atoms with Crippen molar-refractivity contribution in [2.24, 2.45) is 0 Å². The topological polar surface area (TPSA) is 24.5 Å². The monoisotopic (exact) mass is 899 g/mol. The third kappa shape index (κ3) is 12.5. The Balaban J connectivity index is 1.54. The fourth-order valence-electron chi connectivity index (χ4n) is 11.6. The normalized spacial score (nSPS) is 18.3. The Bertz CT molecular complexity index is 1830. The minimum absolute atomic E-state index is 0.0215. The van der Waals surface area contributed by atoms with E-state index in [0.29, 0.717) is 0 Å². The molecule has 1 unspecified atom stereocenters. The quantitative estimate of drug-likeness (QED) is 0.0659. The van der Waals surface area contributed by atoms with Crippen molar-refractivity contribution in [2.45, 2.75) is 234 Å². The molecule has 1 fully saturated rings. The highest BCUT2D eigenvalue weighted by Crippen LogP contribution is 2.47. The van der Waals surface area contributed by atoms with Gasteiger partial charge >= 0.3 is 6.03 Å². The van der Waals surface area contributed by atoms with E-state index in [2.05, 4.69) is 156 Å². The van der Waals surface area contributed by atoms with Crippen molar-refractivity contribution in [3.05, 3.63) is 58.1 Å². The molecule has 366 valence electrons. The summed E-state index contributed by atoms with van der Waals surface area (Å²) in [5.41, 5.74) is 6.15. The zero-order valence-corrected chi connectivity index (χ0v) is 45.3. The van der Waals surface area contributed by atoms with Crippen molar-refractivity contribution in [3.63, 3.8) is 0 Å². The van der Waals surface area contributed by atoms with Crippen LogP contribution in [0.1, 0.15) is 234 Å². The van der Waals surface area contributed by atoms with Crippen LogP contribution in [-0.4, -0.2) is 101 Å². The molecule has 2 aromatic rings. The molecule has 3 aliphatic heterocycles. The van der Waals surface area contributed by atoms with Gasteiger partial charge in [0.25, 0.3) is 0 Å². The minimum Gasteiger partial charge on any atom is -0.341 e. The summed E-state index contributed by atoms with van der Waals surface area (Å²) in [7, 11) is 0. The van der Waals surface area contributed by atoms with Gasteiger partial charge in [-0.3, -0.25) is 0 Å². The summed E-state index contributed by atoms with van der Waals surface area (Å²) >= 11 is 0. The molecule has 5 rings (SSSR count). The number of nitrogens with zero attached hydrogens (tertiary/aromatic N) is 4. The van der Waals surface area contributed by atoms with Crippen LogP contribution in [0.15, 0.2) is 30.3 Å². The molecule has 1 spiro atoms. The molecular weight excluding hydrogens is 797 g/mol. The van der Waals surface area contributed by atoms with E-state index in [1.54, 1.807) is 0 Å². The Kier molecular flexibility index (Phi) is 18.2. The summed E-state index contributed by atoms with van der Waals surface area (Å²) in [6, 6.07) is 10.9. The number of ether oxygens (including phenoxy) is 2. The van der Waals surface area contributed by atoms with Crippen LogP contribution < -0.4 is 9.47 Å². The van der Waals surface area contributed by atoms with E-state index < -0.39 is 6.03 Å². The fraction of sp³-hybridized carbons (Fsp3) is 0.763. The second-order valence-electron chi connectivity index (χ2n) is 24.4. The fourth-order valence-corrected chi connectivity index (χ4v) is 11.6. The maximum Gasteiger partial charge on any atom is 0.704 e. The Labute approximate surface area is 401 Å². The number of unbranched alkanes of at least 4 members (excludes halogenated alkanes) is 6. The summed E-state index contributed by atoms with van der Waals surface area (Å²) in [5.74, 6) is 1.86. The highest BCUT2D eigenvalue weighted by molar-refractivity contribution is 5.84. The van der Waals surface area contributed by atoms with Crippen LogP contribution >= 0.6 is 0 Å². The highest BCUT2D eigenvalue weighted by Gasteiger charge is 2.75. The average Bonchev–Trinajstić information content (AvgIpc) is 3.48. The summed E-state index contributed by atoms with van der Waals surface area (Å²) < 4.78 is 22.0. The van der Waals surface area contributed by atoms with Gasteiger partial charge in [-0.2, -0.15) is 0 Å². The lowest BCUT2D eigenvalue weighted by Crippen LogP contribution is -2.61. The van der Waals surface area contributed by atoms with Gasteiger partial charge in [0.2, 0.25) is 12.1 Å². The molecule has 1 atom stereocenters. The van der Waals surface area contributed by atoms with Crippen molar-refractivity contribution in [3.8, 4) is 11.5 Å². The number of hydrogen-bond donors (Lipinski definition) is 0. The van der Waals surface area contributed by atoms with Crippen LogP contribution in [0, 0.1) is 0 Å². The zero-order valence-electron chi connectivity index (χ0n) is 45.3. The van der Waals surface area contributed by atoms with Crippen molar-refractivity contribution in [2.75, 3.05) is 58.9 Å². The van der Waals surface area contributed by atoms with Crippen molar-refractivity contribution in [1.29, 1.82) is 0 Å². The smallest absolute Gasteiger partial charge is 0.341 e. The van der Waals surface area contributed by atoms with Gasteiger partial charge in [-0.15, -0.1) is 0 Å². The van der Waals surface area contributed by atoms with Gasteiger partial charge in [0.05, 0.1) is 63.5 Å². The third-order valence-corrected chi connectivity index (χ3v) is 16.1. The minimum atomic E-state index is -1.08. The predicted octanol–water partition coefficient (Wildman–Crippen LogP) is 14.3. The Hall–Kier alpha value is -2.70. The number of hydrogen-bond acceptors (Lipinski definition) is 2. The number of benzene rings is 2. The lowest BCUT2D eigenvalue weighted by Gasteiger charge is -2.42. The van der Waals surface area contributed by atoms with E-state index in [1.165, 1.54) is 186 Å². The van der Waals surface area contributed by atoms with Crippen LogP contribution in [0.4, 0.5) is 0 Å². The molecule has 0 N–H and O–H groups in total. The molecule has 2 aromatic carbocycles. The van der Waals surface area contributed by atoms with E-state index in [4.69, 9.17) is 9.47 Å². The summed E-state index contributed by atoms with van der Waals surface area (Å²) in [4.78, 5) is 0. The van der Waals surface area contributed by atoms with Crippen LogP contribution in [0.25, 0.3) is 0 Å². The van der Waals surface area contributed by atoms with Crippen molar-refractivity contribution in [1.82, 2.24) is 0 Å². The lowest BCUT2D eigenvalue weighted by molar-refractivity contribution is -0.929. The molecule has 0 aromatic heterocycles. The Morgan fingerprint density at radius 2 is 0.969 bits per heavy atom. The lowest BCUT2D eigenvalue weighted by atomic mass is 9.74. The van der Waals surface area contributed by atoms with Gasteiger partial charge in [0.1, 0.15) is 0 Å². The van der Waals surface area contributed by atoms with Gasteiger partial charge < -0.3 is 18.4 Å². The molecule has 3 heterocycles. The van der Waals surface area contributed by atoms with E-state index in [-0.39, 0.29) is 21.8 Å². The molecular formula is C59H102N4O2+4. The first-order valence-electron chi connectivity index (χ1n) is 27.4. The van der Waals surface area contributed by atoms with Gasteiger partial charge in [0, 0.05) is 19.4 Å².